The summed E-state index contributed by atoms with van der Waals surface area (Å²) in [6.07, 6.45) is 3.02. The summed E-state index contributed by atoms with van der Waals surface area (Å²) in [5.41, 5.74) is 4.74. The van der Waals surface area contributed by atoms with E-state index in [1.807, 2.05) is 35.0 Å². The number of para-hydroxylation sites is 1. The van der Waals surface area contributed by atoms with Gasteiger partial charge in [-0.25, -0.2) is 13.1 Å². The van der Waals surface area contributed by atoms with Gasteiger partial charge < -0.3 is 10.1 Å². The van der Waals surface area contributed by atoms with E-state index in [1.165, 1.54) is 27.7 Å². The largest absolute Gasteiger partial charge is 0.379 e. The van der Waals surface area contributed by atoms with E-state index in [0.29, 0.717) is 38.4 Å². The van der Waals surface area contributed by atoms with Gasteiger partial charge in [0.1, 0.15) is 0 Å². The Balaban J connectivity index is 1.28. The van der Waals surface area contributed by atoms with Crippen LogP contribution in [0.15, 0.2) is 59.5 Å². The molecular weight excluding hydrogens is 440 g/mol. The molecule has 3 aromatic rings. The molecule has 2 aliphatic rings. The van der Waals surface area contributed by atoms with Crippen molar-refractivity contribution in [3.8, 4) is 5.69 Å². The van der Waals surface area contributed by atoms with Crippen molar-refractivity contribution >= 4 is 15.9 Å². The first-order valence-corrected chi connectivity index (χ1v) is 12.6. The van der Waals surface area contributed by atoms with E-state index in [-0.39, 0.29) is 10.8 Å². The van der Waals surface area contributed by atoms with Crippen molar-refractivity contribution in [2.45, 2.75) is 30.7 Å². The van der Waals surface area contributed by atoms with Gasteiger partial charge in [0.05, 0.1) is 36.0 Å². The Hall–Kier alpha value is -3.01. The van der Waals surface area contributed by atoms with Crippen LogP contribution < -0.4 is 5.32 Å². The molecule has 1 fully saturated rings. The molecule has 1 aliphatic carbocycles. The zero-order chi connectivity index (χ0) is 22.8. The number of benzene rings is 2. The molecule has 5 rings (SSSR count). The third-order valence-corrected chi connectivity index (χ3v) is 8.07. The van der Waals surface area contributed by atoms with Crippen molar-refractivity contribution in [2.75, 3.05) is 26.3 Å². The van der Waals surface area contributed by atoms with Gasteiger partial charge in [-0.15, -0.1) is 0 Å². The van der Waals surface area contributed by atoms with Gasteiger partial charge in [-0.1, -0.05) is 18.2 Å². The number of sulfonamides is 1. The Kier molecular flexibility index (Phi) is 6.01. The predicted molar refractivity (Wildman–Crippen MR) is 123 cm³/mol. The number of fused-ring (bicyclic) bond motifs is 1. The van der Waals surface area contributed by atoms with E-state index in [4.69, 9.17) is 9.84 Å². The second-order valence-corrected chi connectivity index (χ2v) is 10.1. The first-order valence-electron chi connectivity index (χ1n) is 11.2. The molecule has 0 radical (unpaired) electrons. The Morgan fingerprint density at radius 1 is 1.00 bits per heavy atom. The maximum Gasteiger partial charge on any atom is 0.251 e. The summed E-state index contributed by atoms with van der Waals surface area (Å²) >= 11 is 0. The van der Waals surface area contributed by atoms with Gasteiger partial charge in [0, 0.05) is 24.3 Å². The molecule has 33 heavy (non-hydrogen) atoms. The maximum atomic E-state index is 12.8. The topological polar surface area (TPSA) is 93.5 Å². The van der Waals surface area contributed by atoms with Crippen LogP contribution in [0.2, 0.25) is 0 Å². The lowest BCUT2D eigenvalue weighted by molar-refractivity contribution is 0.0730. The summed E-state index contributed by atoms with van der Waals surface area (Å²) in [5.74, 6) is -0.258. The van der Waals surface area contributed by atoms with Crippen molar-refractivity contribution in [1.82, 2.24) is 19.4 Å². The van der Waals surface area contributed by atoms with Crippen molar-refractivity contribution < 1.29 is 17.9 Å². The molecule has 0 atom stereocenters. The minimum atomic E-state index is -3.58. The fraction of sp³-hybridized carbons (Fsp3) is 0.333. The van der Waals surface area contributed by atoms with Crippen LogP contribution in [0.25, 0.3) is 5.69 Å². The van der Waals surface area contributed by atoms with Crippen molar-refractivity contribution in [2.24, 2.45) is 0 Å². The van der Waals surface area contributed by atoms with Crippen LogP contribution in [-0.4, -0.2) is 54.7 Å². The number of ether oxygens (including phenoxy) is 1. The van der Waals surface area contributed by atoms with Gasteiger partial charge in [-0.3, -0.25) is 4.79 Å². The van der Waals surface area contributed by atoms with Crippen LogP contribution in [0, 0.1) is 0 Å². The molecule has 0 spiro atoms. The second kappa shape index (κ2) is 9.09. The SMILES string of the molecule is O=C(NCc1nn(-c2ccccc2)c2c1CCC2)c1ccc(S(=O)(=O)N2CCOCC2)cc1. The smallest absolute Gasteiger partial charge is 0.251 e. The van der Waals surface area contributed by atoms with Crippen LogP contribution in [0.5, 0.6) is 0 Å². The highest BCUT2D eigenvalue weighted by atomic mass is 32.2. The average Bonchev–Trinajstić information content (AvgIpc) is 3.47. The fourth-order valence-electron chi connectivity index (χ4n) is 4.42. The first kappa shape index (κ1) is 21.8. The van der Waals surface area contributed by atoms with Gasteiger partial charge in [-0.05, 0) is 61.2 Å². The summed E-state index contributed by atoms with van der Waals surface area (Å²) in [7, 11) is -3.58. The summed E-state index contributed by atoms with van der Waals surface area (Å²) in [6, 6.07) is 16.1. The van der Waals surface area contributed by atoms with Crippen LogP contribution in [0.1, 0.15) is 33.7 Å². The molecule has 0 bridgehead atoms. The summed E-state index contributed by atoms with van der Waals surface area (Å²) in [5, 5.41) is 7.71. The Bertz CT molecular complexity index is 1250. The molecule has 1 N–H and O–H groups in total. The first-order chi connectivity index (χ1) is 16.0. The number of hydrogen-bond donors (Lipinski definition) is 1. The lowest BCUT2D eigenvalue weighted by atomic mass is 10.2. The van der Waals surface area contributed by atoms with E-state index in [0.717, 1.165) is 30.6 Å². The quantitative estimate of drug-likeness (QED) is 0.602. The molecule has 1 aliphatic heterocycles. The normalized spacial score (nSPS) is 16.5. The van der Waals surface area contributed by atoms with Crippen LogP contribution >= 0.6 is 0 Å². The number of carbonyl (C=O) groups excluding carboxylic acids is 1. The number of nitrogens with one attached hydrogen (secondary N) is 1. The van der Waals surface area contributed by atoms with Gasteiger partial charge in [-0.2, -0.15) is 9.40 Å². The zero-order valence-electron chi connectivity index (χ0n) is 18.2. The number of carbonyl (C=O) groups is 1. The number of aromatic nitrogens is 2. The molecule has 172 valence electrons. The third-order valence-electron chi connectivity index (χ3n) is 6.15. The highest BCUT2D eigenvalue weighted by molar-refractivity contribution is 7.89. The number of rotatable bonds is 6. The second-order valence-electron chi connectivity index (χ2n) is 8.20. The molecule has 2 aromatic carbocycles. The molecule has 1 saturated heterocycles. The Morgan fingerprint density at radius 2 is 1.73 bits per heavy atom. The number of nitrogens with zero attached hydrogens (tertiary/aromatic N) is 3. The molecule has 2 heterocycles. The molecule has 0 unspecified atom stereocenters. The van der Waals surface area contributed by atoms with E-state index in [9.17, 15) is 13.2 Å². The molecule has 1 amide bonds. The molecule has 1 aromatic heterocycles. The van der Waals surface area contributed by atoms with Gasteiger partial charge in [0.25, 0.3) is 5.91 Å². The summed E-state index contributed by atoms with van der Waals surface area (Å²) in [6.45, 7) is 1.79. The molecule has 8 nitrogen and oxygen atoms in total. The van der Waals surface area contributed by atoms with Crippen LogP contribution in [0.3, 0.4) is 0 Å². The number of morpholine rings is 1. The van der Waals surface area contributed by atoms with Crippen LogP contribution in [-0.2, 0) is 34.1 Å². The standard InChI is InChI=1S/C24H26N4O4S/c29-24(18-9-11-20(12-10-18)33(30,31)27-13-15-32-16-14-27)25-17-22-21-7-4-8-23(21)28(26-22)19-5-2-1-3-6-19/h1-3,5-6,9-12H,4,7-8,13-17H2,(H,25,29). The Morgan fingerprint density at radius 3 is 2.45 bits per heavy atom. The average molecular weight is 467 g/mol. The Labute approximate surface area is 193 Å². The lowest BCUT2D eigenvalue weighted by Gasteiger charge is -2.26. The monoisotopic (exact) mass is 466 g/mol. The van der Waals surface area contributed by atoms with E-state index >= 15 is 0 Å². The molecule has 0 saturated carbocycles. The van der Waals surface area contributed by atoms with Crippen molar-refractivity contribution in [3.05, 3.63) is 77.1 Å². The molecular formula is C24H26N4O4S. The van der Waals surface area contributed by atoms with Crippen LogP contribution in [0.4, 0.5) is 0 Å². The number of hydrogen-bond acceptors (Lipinski definition) is 5. The lowest BCUT2D eigenvalue weighted by Crippen LogP contribution is -2.40. The maximum absolute atomic E-state index is 12.8. The van der Waals surface area contributed by atoms with Gasteiger partial charge in [0.2, 0.25) is 10.0 Å². The van der Waals surface area contributed by atoms with E-state index in [2.05, 4.69) is 5.32 Å². The molecule has 9 heteroatoms. The minimum Gasteiger partial charge on any atom is -0.379 e. The van der Waals surface area contributed by atoms with Gasteiger partial charge >= 0.3 is 0 Å². The number of amides is 1. The summed E-state index contributed by atoms with van der Waals surface area (Å²) in [4.78, 5) is 12.9. The highest BCUT2D eigenvalue weighted by Crippen LogP contribution is 2.28. The van der Waals surface area contributed by atoms with Gasteiger partial charge in [0.15, 0.2) is 0 Å². The van der Waals surface area contributed by atoms with E-state index < -0.39 is 10.0 Å². The summed E-state index contributed by atoms with van der Waals surface area (Å²) < 4.78 is 34.2. The van der Waals surface area contributed by atoms with E-state index in [1.54, 1.807) is 12.1 Å². The van der Waals surface area contributed by atoms with Crippen molar-refractivity contribution in [3.63, 3.8) is 0 Å². The predicted octanol–water partition coefficient (Wildman–Crippen LogP) is 2.31. The zero-order valence-corrected chi connectivity index (χ0v) is 19.1. The highest BCUT2D eigenvalue weighted by Gasteiger charge is 2.27. The minimum absolute atomic E-state index is 0.181. The third kappa shape index (κ3) is 4.31. The van der Waals surface area contributed by atoms with Crippen molar-refractivity contribution in [1.29, 1.82) is 0 Å². The fourth-order valence-corrected chi connectivity index (χ4v) is 5.83.